The number of hydrogen-bond acceptors (Lipinski definition) is 3. The summed E-state index contributed by atoms with van der Waals surface area (Å²) in [6, 6.07) is 20.0. The van der Waals surface area contributed by atoms with E-state index in [0.29, 0.717) is 22.3 Å². The van der Waals surface area contributed by atoms with Crippen molar-refractivity contribution in [1.82, 2.24) is 4.90 Å². The molecule has 1 atom stereocenters. The molecule has 3 aromatic rings. The number of Topliss-reactive ketones (excluding diaryl/α,β-unsaturated/α-hetero) is 2. The minimum Gasteiger partial charge on any atom is -0.304 e. The normalized spacial score (nSPS) is 18.2. The number of allylic oxidation sites excluding steroid dienone is 1. The molecule has 142 valence electrons. The molecule has 1 aliphatic carbocycles. The van der Waals surface area contributed by atoms with Gasteiger partial charge in [0.25, 0.3) is 5.91 Å². The first kappa shape index (κ1) is 17.8. The summed E-state index contributed by atoms with van der Waals surface area (Å²) in [5.74, 6) is -0.995. The molecule has 1 unspecified atom stereocenters. The van der Waals surface area contributed by atoms with Gasteiger partial charge in [-0.1, -0.05) is 54.6 Å². The number of rotatable bonds is 2. The van der Waals surface area contributed by atoms with Gasteiger partial charge in [-0.3, -0.25) is 14.4 Å². The summed E-state index contributed by atoms with van der Waals surface area (Å²) >= 11 is 6.13. The third kappa shape index (κ3) is 2.64. The fraction of sp³-hybridized carbons (Fsp3) is 0.125. The molecule has 1 heterocycles. The average Bonchev–Trinajstić information content (AvgIpc) is 3.17. The maximum Gasteiger partial charge on any atom is 0.258 e. The van der Waals surface area contributed by atoms with Gasteiger partial charge in [-0.25, -0.2) is 0 Å². The SMILES string of the molecule is O=C1C2=C(C(=O)c3ccccc31)N(C(=O)c1ccc3ccccc3c1)CC2CCl. The predicted octanol–water partition coefficient (Wildman–Crippen LogP) is 4.48. The van der Waals surface area contributed by atoms with E-state index in [9.17, 15) is 14.4 Å². The third-order valence-electron chi connectivity index (χ3n) is 5.64. The van der Waals surface area contributed by atoms with E-state index in [2.05, 4.69) is 0 Å². The van der Waals surface area contributed by atoms with Crippen LogP contribution in [0.5, 0.6) is 0 Å². The number of nitrogens with zero attached hydrogens (tertiary/aromatic N) is 1. The second-order valence-corrected chi connectivity index (χ2v) is 7.60. The van der Waals surface area contributed by atoms with Gasteiger partial charge >= 0.3 is 0 Å². The molecule has 0 radical (unpaired) electrons. The lowest BCUT2D eigenvalue weighted by Crippen LogP contribution is -2.33. The Morgan fingerprint density at radius 1 is 0.897 bits per heavy atom. The number of ketones is 2. The van der Waals surface area contributed by atoms with Gasteiger partial charge in [-0.15, -0.1) is 11.6 Å². The highest BCUT2D eigenvalue weighted by Crippen LogP contribution is 2.39. The molecule has 5 heteroatoms. The summed E-state index contributed by atoms with van der Waals surface area (Å²) in [4.78, 5) is 41.1. The van der Waals surface area contributed by atoms with Crippen LogP contribution in [-0.4, -0.2) is 34.8 Å². The van der Waals surface area contributed by atoms with Gasteiger partial charge in [0, 0.05) is 40.6 Å². The number of halogens is 1. The Hall–Kier alpha value is -3.24. The van der Waals surface area contributed by atoms with Crippen molar-refractivity contribution in [2.45, 2.75) is 0 Å². The molecular formula is C24H16ClNO3. The van der Waals surface area contributed by atoms with Gasteiger partial charge in [-0.2, -0.15) is 0 Å². The highest BCUT2D eigenvalue weighted by molar-refractivity contribution is 6.29. The average molecular weight is 402 g/mol. The van der Waals surface area contributed by atoms with Gasteiger partial charge in [0.05, 0.1) is 5.70 Å². The van der Waals surface area contributed by atoms with Crippen LogP contribution in [0.4, 0.5) is 0 Å². The molecule has 1 aliphatic heterocycles. The van der Waals surface area contributed by atoms with Crippen molar-refractivity contribution in [3.05, 3.63) is 94.7 Å². The first-order valence-electron chi connectivity index (χ1n) is 9.39. The molecule has 29 heavy (non-hydrogen) atoms. The third-order valence-corrected chi connectivity index (χ3v) is 6.01. The maximum atomic E-state index is 13.4. The monoisotopic (exact) mass is 401 g/mol. The molecule has 0 N–H and O–H groups in total. The smallest absolute Gasteiger partial charge is 0.258 e. The van der Waals surface area contributed by atoms with Crippen molar-refractivity contribution in [2.75, 3.05) is 12.4 Å². The molecule has 0 bridgehead atoms. The topological polar surface area (TPSA) is 54.5 Å². The van der Waals surface area contributed by atoms with Crippen LogP contribution in [0, 0.1) is 5.92 Å². The van der Waals surface area contributed by atoms with E-state index < -0.39 is 0 Å². The van der Waals surface area contributed by atoms with E-state index in [0.717, 1.165) is 10.8 Å². The van der Waals surface area contributed by atoms with Crippen LogP contribution < -0.4 is 0 Å². The molecule has 0 spiro atoms. The van der Waals surface area contributed by atoms with Crippen molar-refractivity contribution in [2.24, 2.45) is 5.92 Å². The zero-order valence-corrected chi connectivity index (χ0v) is 16.1. The summed E-state index contributed by atoms with van der Waals surface area (Å²) in [5.41, 5.74) is 1.73. The van der Waals surface area contributed by atoms with Crippen LogP contribution in [0.15, 0.2) is 78.0 Å². The van der Waals surface area contributed by atoms with Crippen molar-refractivity contribution in [1.29, 1.82) is 0 Å². The minimum atomic E-state index is -0.360. The quantitative estimate of drug-likeness (QED) is 0.595. The standard InChI is InChI=1S/C24H16ClNO3/c25-12-17-13-26(24(29)16-10-9-14-5-1-2-6-15(14)11-16)21-20(17)22(27)18-7-3-4-8-19(18)23(21)28/h1-11,17H,12-13H2. The summed E-state index contributed by atoms with van der Waals surface area (Å²) in [7, 11) is 0. The van der Waals surface area contributed by atoms with E-state index >= 15 is 0 Å². The van der Waals surface area contributed by atoms with Crippen LogP contribution in [-0.2, 0) is 0 Å². The first-order chi connectivity index (χ1) is 14.1. The number of fused-ring (bicyclic) bond motifs is 2. The fourth-order valence-electron chi connectivity index (χ4n) is 4.22. The Bertz CT molecular complexity index is 1240. The van der Waals surface area contributed by atoms with Gasteiger partial charge in [0.2, 0.25) is 5.78 Å². The zero-order valence-electron chi connectivity index (χ0n) is 15.4. The summed E-state index contributed by atoms with van der Waals surface area (Å²) in [5, 5.41) is 1.97. The highest BCUT2D eigenvalue weighted by Gasteiger charge is 2.45. The molecular weight excluding hydrogens is 386 g/mol. The summed E-state index contributed by atoms with van der Waals surface area (Å²) < 4.78 is 0. The molecule has 0 aromatic heterocycles. The summed E-state index contributed by atoms with van der Waals surface area (Å²) in [6.45, 7) is 0.227. The van der Waals surface area contributed by atoms with Gasteiger partial charge in [0.1, 0.15) is 0 Å². The Kier molecular flexibility index (Phi) is 4.10. The Morgan fingerprint density at radius 3 is 2.28 bits per heavy atom. The van der Waals surface area contributed by atoms with Crippen molar-refractivity contribution < 1.29 is 14.4 Å². The second kappa shape index (κ2) is 6.68. The molecule has 0 fully saturated rings. The Labute approximate surface area is 172 Å². The molecule has 0 saturated heterocycles. The second-order valence-electron chi connectivity index (χ2n) is 7.30. The minimum absolute atomic E-state index is 0.168. The predicted molar refractivity (Wildman–Crippen MR) is 111 cm³/mol. The zero-order chi connectivity index (χ0) is 20.1. The van der Waals surface area contributed by atoms with Gasteiger partial charge in [-0.05, 0) is 22.9 Å². The molecule has 4 nitrogen and oxygen atoms in total. The molecule has 3 aromatic carbocycles. The van der Waals surface area contributed by atoms with Crippen LogP contribution in [0.25, 0.3) is 10.8 Å². The number of alkyl halides is 1. The van der Waals surface area contributed by atoms with Crippen molar-refractivity contribution in [3.63, 3.8) is 0 Å². The summed E-state index contributed by atoms with van der Waals surface area (Å²) in [6.07, 6.45) is 0. The van der Waals surface area contributed by atoms with Crippen molar-refractivity contribution in [3.8, 4) is 0 Å². The van der Waals surface area contributed by atoms with E-state index in [1.54, 1.807) is 30.3 Å². The lowest BCUT2D eigenvalue weighted by atomic mass is 9.84. The lowest BCUT2D eigenvalue weighted by molar-refractivity contribution is 0.0779. The largest absolute Gasteiger partial charge is 0.304 e. The number of amides is 1. The Morgan fingerprint density at radius 2 is 1.55 bits per heavy atom. The van der Waals surface area contributed by atoms with E-state index in [-0.39, 0.29) is 41.5 Å². The maximum absolute atomic E-state index is 13.4. The lowest BCUT2D eigenvalue weighted by Gasteiger charge is -2.23. The number of hydrogen-bond donors (Lipinski definition) is 0. The van der Waals surface area contributed by atoms with E-state index in [1.807, 2.05) is 36.4 Å². The molecule has 0 saturated carbocycles. The van der Waals surface area contributed by atoms with Crippen LogP contribution >= 0.6 is 11.6 Å². The van der Waals surface area contributed by atoms with Crippen LogP contribution in [0.3, 0.4) is 0 Å². The molecule has 5 rings (SSSR count). The molecule has 1 amide bonds. The Balaban J connectivity index is 1.61. The van der Waals surface area contributed by atoms with Crippen LogP contribution in [0.1, 0.15) is 31.1 Å². The fourth-order valence-corrected chi connectivity index (χ4v) is 4.47. The van der Waals surface area contributed by atoms with Crippen LogP contribution in [0.2, 0.25) is 0 Å². The first-order valence-corrected chi connectivity index (χ1v) is 9.93. The van der Waals surface area contributed by atoms with Gasteiger partial charge < -0.3 is 4.90 Å². The highest BCUT2D eigenvalue weighted by atomic mass is 35.5. The van der Waals surface area contributed by atoms with Crippen molar-refractivity contribution >= 4 is 39.8 Å². The number of carbonyl (C=O) groups is 3. The van der Waals surface area contributed by atoms with Gasteiger partial charge in [0.15, 0.2) is 5.78 Å². The molecule has 2 aliphatic rings. The van der Waals surface area contributed by atoms with E-state index in [4.69, 9.17) is 11.6 Å². The van der Waals surface area contributed by atoms with E-state index in [1.165, 1.54) is 4.90 Å². The number of carbonyl (C=O) groups excluding carboxylic acids is 3. The number of benzene rings is 3.